The second-order valence-corrected chi connectivity index (χ2v) is 11.4. The van der Waals surface area contributed by atoms with Crippen molar-refractivity contribution < 1.29 is 9.59 Å². The van der Waals surface area contributed by atoms with Crippen LogP contribution in [-0.2, 0) is 34.4 Å². The number of nitrogens with one attached hydrogen (secondary N) is 1. The standard InChI is InChI=1S/C31H28N4O2/c1-30(2)17-26(19-7-4-3-5-8-19)35(29(30)37)18-23-11-10-20-13-21-15-31(16-22(21)14-25(20)33-23)24-9-6-12-32-27(24)34-28(31)36/h3-14,26H,15-18H2,1-2H3,(H,32,34,36)/t26-,31+/m1/s1. The number of pyridine rings is 2. The van der Waals surface area contributed by atoms with Gasteiger partial charge >= 0.3 is 0 Å². The Morgan fingerprint density at radius 2 is 1.76 bits per heavy atom. The van der Waals surface area contributed by atoms with Crippen LogP contribution in [0.1, 0.15) is 54.3 Å². The van der Waals surface area contributed by atoms with Crippen molar-refractivity contribution >= 4 is 28.5 Å². The van der Waals surface area contributed by atoms with E-state index < -0.39 is 10.8 Å². The number of benzene rings is 2. The molecule has 37 heavy (non-hydrogen) atoms. The number of fused-ring (bicyclic) bond motifs is 4. The van der Waals surface area contributed by atoms with Gasteiger partial charge in [-0.05, 0) is 60.2 Å². The molecule has 1 saturated heterocycles. The lowest BCUT2D eigenvalue weighted by atomic mass is 9.79. The van der Waals surface area contributed by atoms with E-state index in [0.717, 1.165) is 39.7 Å². The Labute approximate surface area is 215 Å². The van der Waals surface area contributed by atoms with Gasteiger partial charge in [0.15, 0.2) is 0 Å². The molecule has 6 nitrogen and oxygen atoms in total. The Balaban J connectivity index is 1.22. The van der Waals surface area contributed by atoms with Gasteiger partial charge in [-0.25, -0.2) is 4.98 Å². The number of rotatable bonds is 3. The second kappa shape index (κ2) is 7.72. The Kier molecular flexibility index (Phi) is 4.62. The van der Waals surface area contributed by atoms with Crippen molar-refractivity contribution in [3.63, 3.8) is 0 Å². The molecule has 4 heterocycles. The zero-order valence-corrected chi connectivity index (χ0v) is 21.0. The molecular formula is C31H28N4O2. The van der Waals surface area contributed by atoms with Crippen LogP contribution in [0.2, 0.25) is 0 Å². The highest BCUT2D eigenvalue weighted by Crippen LogP contribution is 2.47. The number of hydrogen-bond acceptors (Lipinski definition) is 4. The lowest BCUT2D eigenvalue weighted by Crippen LogP contribution is -2.35. The van der Waals surface area contributed by atoms with Gasteiger partial charge in [0.2, 0.25) is 11.8 Å². The summed E-state index contributed by atoms with van der Waals surface area (Å²) in [5.74, 6) is 0.868. The SMILES string of the molecule is CC1(C)C[C@H](c2ccccc2)N(Cc2ccc3cc4c(cc3n2)C[C@]2(C4)C(=O)Nc3ncccc32)C1=O. The smallest absolute Gasteiger partial charge is 0.237 e. The van der Waals surface area contributed by atoms with Crippen LogP contribution in [0, 0.1) is 5.41 Å². The first-order valence-corrected chi connectivity index (χ1v) is 12.9. The average Bonchev–Trinajstić information content (AvgIpc) is 3.48. The molecule has 7 rings (SSSR count). The van der Waals surface area contributed by atoms with E-state index in [2.05, 4.69) is 40.6 Å². The van der Waals surface area contributed by atoms with Crippen LogP contribution in [0.4, 0.5) is 5.82 Å². The summed E-state index contributed by atoms with van der Waals surface area (Å²) in [5.41, 5.74) is 5.27. The minimum absolute atomic E-state index is 0.0252. The Hall–Kier alpha value is -4.06. The molecule has 1 N–H and O–H groups in total. The molecule has 0 radical (unpaired) electrons. The van der Waals surface area contributed by atoms with Gasteiger partial charge in [0.05, 0.1) is 29.2 Å². The molecule has 6 heteroatoms. The molecule has 0 saturated carbocycles. The van der Waals surface area contributed by atoms with Crippen molar-refractivity contribution in [2.45, 2.75) is 51.1 Å². The van der Waals surface area contributed by atoms with E-state index in [-0.39, 0.29) is 17.9 Å². The Morgan fingerprint density at radius 1 is 0.973 bits per heavy atom. The third-order valence-corrected chi connectivity index (χ3v) is 8.48. The summed E-state index contributed by atoms with van der Waals surface area (Å²) in [6.45, 7) is 4.54. The molecule has 1 fully saturated rings. The maximum absolute atomic E-state index is 13.4. The molecule has 2 amide bonds. The van der Waals surface area contributed by atoms with Gasteiger partial charge in [-0.2, -0.15) is 0 Å². The zero-order chi connectivity index (χ0) is 25.4. The van der Waals surface area contributed by atoms with Crippen LogP contribution in [0.15, 0.2) is 72.9 Å². The van der Waals surface area contributed by atoms with Crippen molar-refractivity contribution in [3.05, 3.63) is 101 Å². The van der Waals surface area contributed by atoms with Crippen LogP contribution < -0.4 is 5.32 Å². The first-order chi connectivity index (χ1) is 17.8. The van der Waals surface area contributed by atoms with Crippen molar-refractivity contribution in [2.75, 3.05) is 5.32 Å². The number of carbonyl (C=O) groups is 2. The van der Waals surface area contributed by atoms with Crippen LogP contribution in [-0.4, -0.2) is 26.7 Å². The number of hydrogen-bond donors (Lipinski definition) is 1. The van der Waals surface area contributed by atoms with Crippen molar-refractivity contribution in [3.8, 4) is 0 Å². The van der Waals surface area contributed by atoms with Gasteiger partial charge < -0.3 is 10.2 Å². The van der Waals surface area contributed by atoms with E-state index in [0.29, 0.717) is 25.2 Å². The molecule has 184 valence electrons. The predicted octanol–water partition coefficient (Wildman–Crippen LogP) is 5.12. The van der Waals surface area contributed by atoms with Gasteiger partial charge in [-0.3, -0.25) is 14.6 Å². The zero-order valence-electron chi connectivity index (χ0n) is 21.0. The number of carbonyl (C=O) groups excluding carboxylic acids is 2. The number of amides is 2. The van der Waals surface area contributed by atoms with Crippen molar-refractivity contribution in [2.24, 2.45) is 5.41 Å². The van der Waals surface area contributed by atoms with E-state index in [1.807, 2.05) is 55.1 Å². The normalized spacial score (nSPS) is 23.5. The number of aromatic nitrogens is 2. The third-order valence-electron chi connectivity index (χ3n) is 8.48. The molecule has 2 aromatic carbocycles. The summed E-state index contributed by atoms with van der Waals surface area (Å²) in [4.78, 5) is 37.8. The fraction of sp³-hybridized carbons (Fsp3) is 0.290. The van der Waals surface area contributed by atoms with Crippen LogP contribution in [0.3, 0.4) is 0 Å². The summed E-state index contributed by atoms with van der Waals surface area (Å²) in [6, 6.07) is 22.7. The fourth-order valence-corrected chi connectivity index (χ4v) is 6.57. The summed E-state index contributed by atoms with van der Waals surface area (Å²) in [5, 5.41) is 4.03. The predicted molar refractivity (Wildman–Crippen MR) is 142 cm³/mol. The summed E-state index contributed by atoms with van der Waals surface area (Å²) in [6.07, 6.45) is 3.82. The molecule has 0 unspecified atom stereocenters. The quantitative estimate of drug-likeness (QED) is 0.434. The highest BCUT2D eigenvalue weighted by Gasteiger charge is 2.51. The molecule has 2 aliphatic heterocycles. The number of likely N-dealkylation sites (tertiary alicyclic amines) is 1. The van der Waals surface area contributed by atoms with Crippen molar-refractivity contribution in [1.82, 2.24) is 14.9 Å². The number of anilines is 1. The fourth-order valence-electron chi connectivity index (χ4n) is 6.57. The molecule has 1 aliphatic carbocycles. The van der Waals surface area contributed by atoms with E-state index in [1.165, 1.54) is 5.56 Å². The molecule has 2 atom stereocenters. The maximum Gasteiger partial charge on any atom is 0.237 e. The summed E-state index contributed by atoms with van der Waals surface area (Å²) >= 11 is 0. The van der Waals surface area contributed by atoms with Gasteiger partial charge in [-0.15, -0.1) is 0 Å². The van der Waals surface area contributed by atoms with Crippen molar-refractivity contribution in [1.29, 1.82) is 0 Å². The monoisotopic (exact) mass is 488 g/mol. The second-order valence-electron chi connectivity index (χ2n) is 11.4. The topological polar surface area (TPSA) is 75.2 Å². The highest BCUT2D eigenvalue weighted by molar-refractivity contribution is 6.06. The van der Waals surface area contributed by atoms with Gasteiger partial charge in [0, 0.05) is 22.6 Å². The summed E-state index contributed by atoms with van der Waals surface area (Å²) < 4.78 is 0. The minimum Gasteiger partial charge on any atom is -0.329 e. The first kappa shape index (κ1) is 22.2. The molecule has 3 aliphatic rings. The minimum atomic E-state index is -0.595. The van der Waals surface area contributed by atoms with E-state index >= 15 is 0 Å². The molecular weight excluding hydrogens is 460 g/mol. The van der Waals surface area contributed by atoms with Crippen LogP contribution in [0.25, 0.3) is 10.9 Å². The van der Waals surface area contributed by atoms with Crippen LogP contribution in [0.5, 0.6) is 0 Å². The lowest BCUT2D eigenvalue weighted by Gasteiger charge is -2.25. The lowest BCUT2D eigenvalue weighted by molar-refractivity contribution is -0.136. The largest absolute Gasteiger partial charge is 0.329 e. The van der Waals surface area contributed by atoms with Gasteiger partial charge in [0.1, 0.15) is 5.82 Å². The first-order valence-electron chi connectivity index (χ1n) is 12.9. The Bertz CT molecular complexity index is 1600. The highest BCUT2D eigenvalue weighted by atomic mass is 16.2. The Morgan fingerprint density at radius 3 is 2.57 bits per heavy atom. The van der Waals surface area contributed by atoms with Gasteiger partial charge in [0.25, 0.3) is 0 Å². The molecule has 2 aromatic heterocycles. The molecule has 0 bridgehead atoms. The maximum atomic E-state index is 13.4. The van der Waals surface area contributed by atoms with E-state index in [1.54, 1.807) is 6.20 Å². The molecule has 1 spiro atoms. The molecule has 4 aromatic rings. The van der Waals surface area contributed by atoms with Crippen LogP contribution >= 0.6 is 0 Å². The third kappa shape index (κ3) is 3.31. The average molecular weight is 489 g/mol. The van der Waals surface area contributed by atoms with E-state index in [4.69, 9.17) is 4.98 Å². The summed E-state index contributed by atoms with van der Waals surface area (Å²) in [7, 11) is 0. The number of nitrogens with zero attached hydrogens (tertiary/aromatic N) is 3. The van der Waals surface area contributed by atoms with Gasteiger partial charge in [-0.1, -0.05) is 56.3 Å². The van der Waals surface area contributed by atoms with E-state index in [9.17, 15) is 9.59 Å².